The molecule has 3 aliphatic heterocycles. The van der Waals surface area contributed by atoms with E-state index in [2.05, 4.69) is 38.0 Å². The van der Waals surface area contributed by atoms with E-state index in [1.807, 2.05) is 30.3 Å². The number of hydrogen-bond acceptors (Lipinski definition) is 6. The minimum atomic E-state index is 0.505. The molecule has 2 unspecified atom stereocenters. The van der Waals surface area contributed by atoms with E-state index >= 15 is 0 Å². The number of anilines is 1. The first-order valence-electron chi connectivity index (χ1n) is 10.7. The first-order valence-corrected chi connectivity index (χ1v) is 10.7. The second kappa shape index (κ2) is 7.35. The quantitative estimate of drug-likeness (QED) is 0.554. The van der Waals surface area contributed by atoms with Crippen LogP contribution >= 0.6 is 0 Å². The Morgan fingerprint density at radius 1 is 1.03 bits per heavy atom. The van der Waals surface area contributed by atoms with Crippen LogP contribution in [0.15, 0.2) is 60.9 Å². The van der Waals surface area contributed by atoms with Gasteiger partial charge in [-0.15, -0.1) is 0 Å². The first kappa shape index (κ1) is 18.3. The first-order chi connectivity index (χ1) is 15.3. The third kappa shape index (κ3) is 3.13. The lowest BCUT2D eigenvalue weighted by atomic mass is 9.93. The second-order valence-corrected chi connectivity index (χ2v) is 8.21. The lowest BCUT2D eigenvalue weighted by molar-refractivity contribution is 0.289. The van der Waals surface area contributed by atoms with E-state index in [9.17, 15) is 0 Å². The maximum absolute atomic E-state index is 5.45. The number of piperazine rings is 1. The van der Waals surface area contributed by atoms with Gasteiger partial charge in [-0.25, -0.2) is 9.97 Å². The topological polar surface area (TPSA) is 68.1 Å². The summed E-state index contributed by atoms with van der Waals surface area (Å²) in [5.41, 5.74) is 3.70. The summed E-state index contributed by atoms with van der Waals surface area (Å²) in [7, 11) is 1.68. The van der Waals surface area contributed by atoms with E-state index in [1.54, 1.807) is 19.5 Å². The lowest BCUT2D eigenvalue weighted by Gasteiger charge is -2.46. The number of benzene rings is 1. The van der Waals surface area contributed by atoms with Crippen molar-refractivity contribution in [3.63, 3.8) is 0 Å². The summed E-state index contributed by atoms with van der Waals surface area (Å²) in [6, 6.07) is 17.2. The molecule has 7 heteroatoms. The van der Waals surface area contributed by atoms with Gasteiger partial charge >= 0.3 is 0 Å². The van der Waals surface area contributed by atoms with Gasteiger partial charge in [-0.1, -0.05) is 12.1 Å². The lowest BCUT2D eigenvalue weighted by Crippen LogP contribution is -2.61. The monoisotopic (exact) mass is 412 g/mol. The highest BCUT2D eigenvalue weighted by molar-refractivity contribution is 5.82. The maximum atomic E-state index is 5.45. The van der Waals surface area contributed by atoms with Gasteiger partial charge in [0.15, 0.2) is 5.65 Å². The fourth-order valence-corrected chi connectivity index (χ4v) is 4.79. The van der Waals surface area contributed by atoms with Crippen molar-refractivity contribution < 1.29 is 4.74 Å². The Balaban J connectivity index is 1.54. The summed E-state index contributed by atoms with van der Waals surface area (Å²) in [4.78, 5) is 16.7. The highest BCUT2D eigenvalue weighted by atomic mass is 16.5. The molecule has 7 nitrogen and oxygen atoms in total. The molecule has 2 atom stereocenters. The van der Waals surface area contributed by atoms with Gasteiger partial charge < -0.3 is 15.0 Å². The van der Waals surface area contributed by atoms with Crippen molar-refractivity contribution in [1.29, 1.82) is 0 Å². The van der Waals surface area contributed by atoms with Gasteiger partial charge in [0.2, 0.25) is 0 Å². The number of aromatic nitrogens is 4. The van der Waals surface area contributed by atoms with Gasteiger partial charge in [0.25, 0.3) is 0 Å². The molecule has 4 aromatic rings. The number of fused-ring (bicyclic) bond motifs is 4. The average molecular weight is 412 g/mol. The Labute approximate surface area is 180 Å². The van der Waals surface area contributed by atoms with Crippen molar-refractivity contribution in [3.8, 4) is 22.8 Å². The van der Waals surface area contributed by atoms with Crippen LogP contribution in [0, 0.1) is 0 Å². The molecule has 0 radical (unpaired) electrons. The number of rotatable bonds is 4. The van der Waals surface area contributed by atoms with Crippen LogP contribution in [0.5, 0.6) is 5.75 Å². The zero-order valence-corrected chi connectivity index (χ0v) is 17.4. The normalized spacial score (nSPS) is 20.4. The summed E-state index contributed by atoms with van der Waals surface area (Å²) in [5, 5.41) is 3.62. The van der Waals surface area contributed by atoms with Crippen molar-refractivity contribution in [2.75, 3.05) is 25.1 Å². The van der Waals surface area contributed by atoms with Crippen LogP contribution in [-0.4, -0.2) is 51.8 Å². The van der Waals surface area contributed by atoms with Crippen molar-refractivity contribution in [2.24, 2.45) is 0 Å². The third-order valence-electron chi connectivity index (χ3n) is 6.38. The Morgan fingerprint density at radius 3 is 2.68 bits per heavy atom. The van der Waals surface area contributed by atoms with Crippen molar-refractivity contribution in [3.05, 3.63) is 60.9 Å². The van der Waals surface area contributed by atoms with E-state index in [-0.39, 0.29) is 0 Å². The van der Waals surface area contributed by atoms with Gasteiger partial charge in [0, 0.05) is 43.1 Å². The standard InChI is InChI=1S/C24H24N6O/c1-31-20-4-2-3-16(13-20)23-27-21-7-8-22(29-15-17-5-6-19(29)14-26-17)28-24(21)30(23)18-9-11-25-12-10-18/h2-4,7-13,17,19,26H,5-6,14-15H2,1H3. The molecule has 31 heavy (non-hydrogen) atoms. The molecule has 3 saturated heterocycles. The molecular weight excluding hydrogens is 388 g/mol. The number of piperidine rings is 2. The molecular formula is C24H24N6O. The number of nitrogens with one attached hydrogen (secondary N) is 1. The van der Waals surface area contributed by atoms with Gasteiger partial charge in [0.1, 0.15) is 22.9 Å². The molecule has 3 aliphatic rings. The van der Waals surface area contributed by atoms with Crippen molar-refractivity contribution in [2.45, 2.75) is 24.9 Å². The molecule has 3 aromatic heterocycles. The van der Waals surface area contributed by atoms with Crippen LogP contribution in [0.25, 0.3) is 28.2 Å². The molecule has 6 heterocycles. The van der Waals surface area contributed by atoms with E-state index in [4.69, 9.17) is 14.7 Å². The Morgan fingerprint density at radius 2 is 1.94 bits per heavy atom. The SMILES string of the molecule is COc1cccc(-c2nc3ccc(N4CC5CCC4CN5)nc3n2-c2ccncc2)c1. The average Bonchev–Trinajstić information content (AvgIpc) is 3.24. The number of ether oxygens (including phenoxy) is 1. The fraction of sp³-hybridized carbons (Fsp3) is 0.292. The van der Waals surface area contributed by atoms with Gasteiger partial charge in [-0.05, 0) is 49.2 Å². The molecule has 0 amide bonds. The Kier molecular flexibility index (Phi) is 4.35. The predicted octanol–water partition coefficient (Wildman–Crippen LogP) is 3.43. The number of methoxy groups -OCH3 is 1. The van der Waals surface area contributed by atoms with Gasteiger partial charge in [0.05, 0.1) is 12.8 Å². The van der Waals surface area contributed by atoms with E-state index in [1.165, 1.54) is 12.8 Å². The van der Waals surface area contributed by atoms with E-state index in [0.29, 0.717) is 12.1 Å². The second-order valence-electron chi connectivity index (χ2n) is 8.21. The maximum Gasteiger partial charge on any atom is 0.167 e. The van der Waals surface area contributed by atoms with Gasteiger partial charge in [-0.3, -0.25) is 9.55 Å². The van der Waals surface area contributed by atoms with Gasteiger partial charge in [-0.2, -0.15) is 0 Å². The zero-order valence-electron chi connectivity index (χ0n) is 17.4. The fourth-order valence-electron chi connectivity index (χ4n) is 4.79. The Bertz CT molecular complexity index is 1230. The van der Waals surface area contributed by atoms with Crippen LogP contribution in [0.3, 0.4) is 0 Å². The molecule has 0 saturated carbocycles. The largest absolute Gasteiger partial charge is 0.497 e. The minimum Gasteiger partial charge on any atom is -0.497 e. The van der Waals surface area contributed by atoms with Crippen LogP contribution in [-0.2, 0) is 0 Å². The molecule has 0 aliphatic carbocycles. The number of hydrogen-bond donors (Lipinski definition) is 1. The van der Waals surface area contributed by atoms with Crippen LogP contribution in [0.4, 0.5) is 5.82 Å². The molecule has 1 N–H and O–H groups in total. The summed E-state index contributed by atoms with van der Waals surface area (Å²) in [6.45, 7) is 2.04. The van der Waals surface area contributed by atoms with Crippen LogP contribution in [0.1, 0.15) is 12.8 Å². The molecule has 0 spiro atoms. The molecule has 156 valence electrons. The minimum absolute atomic E-state index is 0.505. The third-order valence-corrected chi connectivity index (χ3v) is 6.38. The number of nitrogens with zero attached hydrogens (tertiary/aromatic N) is 5. The summed E-state index contributed by atoms with van der Waals surface area (Å²) in [6.07, 6.45) is 6.07. The van der Waals surface area contributed by atoms with E-state index < -0.39 is 0 Å². The van der Waals surface area contributed by atoms with E-state index in [0.717, 1.165) is 52.9 Å². The highest BCUT2D eigenvalue weighted by Crippen LogP contribution is 2.32. The number of pyridine rings is 2. The highest BCUT2D eigenvalue weighted by Gasteiger charge is 2.34. The number of imidazole rings is 1. The van der Waals surface area contributed by atoms with Crippen LogP contribution < -0.4 is 15.0 Å². The van der Waals surface area contributed by atoms with Crippen molar-refractivity contribution >= 4 is 17.0 Å². The van der Waals surface area contributed by atoms with Crippen LogP contribution in [0.2, 0.25) is 0 Å². The predicted molar refractivity (Wildman–Crippen MR) is 121 cm³/mol. The summed E-state index contributed by atoms with van der Waals surface area (Å²) >= 11 is 0. The summed E-state index contributed by atoms with van der Waals surface area (Å²) < 4.78 is 7.57. The Hall–Kier alpha value is -3.45. The molecule has 1 aromatic carbocycles. The summed E-state index contributed by atoms with van der Waals surface area (Å²) in [5.74, 6) is 2.67. The van der Waals surface area contributed by atoms with Crippen molar-refractivity contribution in [1.82, 2.24) is 24.8 Å². The smallest absolute Gasteiger partial charge is 0.167 e. The zero-order chi connectivity index (χ0) is 20.8. The molecule has 3 fully saturated rings. The molecule has 2 bridgehead atoms. The molecule has 7 rings (SSSR count).